The summed E-state index contributed by atoms with van der Waals surface area (Å²) in [7, 11) is 3.66. The number of nitrogens with one attached hydrogen (secondary N) is 1. The second-order valence-corrected chi connectivity index (χ2v) is 3.60. The van der Waals surface area contributed by atoms with Crippen LogP contribution in [0.5, 0.6) is 5.75 Å². The van der Waals surface area contributed by atoms with Crippen molar-refractivity contribution in [2.75, 3.05) is 14.2 Å². The van der Waals surface area contributed by atoms with Crippen molar-refractivity contribution in [1.82, 2.24) is 5.32 Å². The molecule has 0 saturated carbocycles. The molecule has 0 heterocycles. The fourth-order valence-electron chi connectivity index (χ4n) is 1.27. The maximum atomic E-state index is 5.16. The molecule has 1 N–H and O–H groups in total. The van der Waals surface area contributed by atoms with E-state index in [9.17, 15) is 0 Å². The average molecular weight is 205 g/mol. The first-order valence-electron chi connectivity index (χ1n) is 5.24. The number of ether oxygens (including phenoxy) is 1. The molecule has 0 spiro atoms. The van der Waals surface area contributed by atoms with Gasteiger partial charge in [0.25, 0.3) is 0 Å². The van der Waals surface area contributed by atoms with Crippen LogP contribution in [0.4, 0.5) is 0 Å². The third kappa shape index (κ3) is 4.17. The van der Waals surface area contributed by atoms with Crippen LogP contribution < -0.4 is 10.1 Å². The molecule has 0 amide bonds. The molecule has 0 saturated heterocycles. The molecule has 0 aliphatic rings. The Morgan fingerprint density at radius 3 is 2.93 bits per heavy atom. The number of rotatable bonds is 5. The van der Waals surface area contributed by atoms with Gasteiger partial charge in [-0.3, -0.25) is 0 Å². The lowest BCUT2D eigenvalue weighted by Gasteiger charge is -2.05. The van der Waals surface area contributed by atoms with Crippen molar-refractivity contribution < 1.29 is 4.74 Å². The maximum absolute atomic E-state index is 5.16. The minimum absolute atomic E-state index is 0.520. The van der Waals surface area contributed by atoms with Crippen molar-refractivity contribution in [3.05, 3.63) is 35.9 Å². The molecular formula is C13H19NO. The van der Waals surface area contributed by atoms with E-state index in [0.717, 1.165) is 12.2 Å². The third-order valence-electron chi connectivity index (χ3n) is 2.39. The van der Waals surface area contributed by atoms with Gasteiger partial charge in [0.1, 0.15) is 5.75 Å². The SMILES string of the molecule is CNC(C)CC=Cc1cccc(OC)c1. The van der Waals surface area contributed by atoms with Crippen molar-refractivity contribution in [2.45, 2.75) is 19.4 Å². The Hall–Kier alpha value is -1.28. The van der Waals surface area contributed by atoms with E-state index in [4.69, 9.17) is 4.74 Å². The van der Waals surface area contributed by atoms with Crippen LogP contribution in [0.15, 0.2) is 30.3 Å². The van der Waals surface area contributed by atoms with Crippen LogP contribution in [0.2, 0.25) is 0 Å². The average Bonchev–Trinajstić information content (AvgIpc) is 2.29. The van der Waals surface area contributed by atoms with E-state index in [-0.39, 0.29) is 0 Å². The Labute approximate surface area is 92.0 Å². The first kappa shape index (κ1) is 11.8. The van der Waals surface area contributed by atoms with Crippen molar-refractivity contribution >= 4 is 6.08 Å². The van der Waals surface area contributed by atoms with Crippen LogP contribution in [0, 0.1) is 0 Å². The number of hydrogen-bond acceptors (Lipinski definition) is 2. The van der Waals surface area contributed by atoms with Gasteiger partial charge in [-0.05, 0) is 38.1 Å². The van der Waals surface area contributed by atoms with Crippen molar-refractivity contribution in [3.63, 3.8) is 0 Å². The van der Waals surface area contributed by atoms with Crippen LogP contribution in [-0.4, -0.2) is 20.2 Å². The molecule has 2 nitrogen and oxygen atoms in total. The van der Waals surface area contributed by atoms with Gasteiger partial charge in [-0.25, -0.2) is 0 Å². The Morgan fingerprint density at radius 1 is 1.47 bits per heavy atom. The Balaban J connectivity index is 2.56. The highest BCUT2D eigenvalue weighted by molar-refractivity contribution is 5.51. The molecule has 1 atom stereocenters. The normalized spacial score (nSPS) is 13.0. The fraction of sp³-hybridized carbons (Fsp3) is 0.385. The zero-order chi connectivity index (χ0) is 11.1. The van der Waals surface area contributed by atoms with Gasteiger partial charge < -0.3 is 10.1 Å². The quantitative estimate of drug-likeness (QED) is 0.798. The first-order chi connectivity index (χ1) is 7.26. The predicted molar refractivity (Wildman–Crippen MR) is 65.2 cm³/mol. The summed E-state index contributed by atoms with van der Waals surface area (Å²) in [6.45, 7) is 2.16. The molecule has 0 radical (unpaired) electrons. The summed E-state index contributed by atoms with van der Waals surface area (Å²) in [6.07, 6.45) is 5.33. The molecule has 0 aliphatic carbocycles. The van der Waals surface area contributed by atoms with Crippen LogP contribution >= 0.6 is 0 Å². The van der Waals surface area contributed by atoms with Crippen LogP contribution in [0.3, 0.4) is 0 Å². The minimum Gasteiger partial charge on any atom is -0.497 e. The van der Waals surface area contributed by atoms with Gasteiger partial charge in [0.05, 0.1) is 7.11 Å². The Morgan fingerprint density at radius 2 is 2.27 bits per heavy atom. The highest BCUT2D eigenvalue weighted by Gasteiger charge is 1.94. The van der Waals surface area contributed by atoms with Gasteiger partial charge >= 0.3 is 0 Å². The van der Waals surface area contributed by atoms with Gasteiger partial charge in [0.2, 0.25) is 0 Å². The summed E-state index contributed by atoms with van der Waals surface area (Å²) in [5.74, 6) is 0.902. The summed E-state index contributed by atoms with van der Waals surface area (Å²) in [4.78, 5) is 0. The number of hydrogen-bond donors (Lipinski definition) is 1. The van der Waals surface area contributed by atoms with Crippen molar-refractivity contribution in [2.24, 2.45) is 0 Å². The van der Waals surface area contributed by atoms with E-state index in [1.165, 1.54) is 5.56 Å². The van der Waals surface area contributed by atoms with Gasteiger partial charge in [-0.1, -0.05) is 24.3 Å². The third-order valence-corrected chi connectivity index (χ3v) is 2.39. The summed E-state index contributed by atoms with van der Waals surface area (Å²) in [6, 6.07) is 8.57. The molecule has 0 aliphatic heterocycles. The molecule has 15 heavy (non-hydrogen) atoms. The minimum atomic E-state index is 0.520. The Kier molecular flexibility index (Phi) is 4.91. The smallest absolute Gasteiger partial charge is 0.119 e. The molecule has 1 aromatic carbocycles. The number of benzene rings is 1. The monoisotopic (exact) mass is 205 g/mol. The maximum Gasteiger partial charge on any atom is 0.119 e. The molecule has 0 aromatic heterocycles. The second kappa shape index (κ2) is 6.25. The Bertz CT molecular complexity index is 320. The summed E-state index contributed by atoms with van der Waals surface area (Å²) < 4.78 is 5.16. The summed E-state index contributed by atoms with van der Waals surface area (Å²) >= 11 is 0. The molecule has 82 valence electrons. The second-order valence-electron chi connectivity index (χ2n) is 3.60. The van der Waals surface area contributed by atoms with Gasteiger partial charge in [-0.2, -0.15) is 0 Å². The molecule has 1 unspecified atom stereocenters. The van der Waals surface area contributed by atoms with Gasteiger partial charge in [0.15, 0.2) is 0 Å². The highest BCUT2D eigenvalue weighted by Crippen LogP contribution is 2.13. The van der Waals surface area contributed by atoms with Crippen LogP contribution in [0.1, 0.15) is 18.9 Å². The fourth-order valence-corrected chi connectivity index (χ4v) is 1.27. The molecular weight excluding hydrogens is 186 g/mol. The molecule has 0 fully saturated rings. The standard InChI is InChI=1S/C13H19NO/c1-11(14-2)6-4-7-12-8-5-9-13(10-12)15-3/h4-5,7-11,14H,6H2,1-3H3. The topological polar surface area (TPSA) is 21.3 Å². The largest absolute Gasteiger partial charge is 0.497 e. The molecule has 1 rings (SSSR count). The van der Waals surface area contributed by atoms with Crippen LogP contribution in [0.25, 0.3) is 6.08 Å². The van der Waals surface area contributed by atoms with Crippen molar-refractivity contribution in [3.8, 4) is 5.75 Å². The van der Waals surface area contributed by atoms with Crippen LogP contribution in [-0.2, 0) is 0 Å². The van der Waals surface area contributed by atoms with E-state index in [1.807, 2.05) is 25.2 Å². The van der Waals surface area contributed by atoms with E-state index in [1.54, 1.807) is 7.11 Å². The lowest BCUT2D eigenvalue weighted by atomic mass is 10.1. The summed E-state index contributed by atoms with van der Waals surface area (Å²) in [5.41, 5.74) is 1.18. The zero-order valence-electron chi connectivity index (χ0n) is 9.66. The summed E-state index contributed by atoms with van der Waals surface area (Å²) in [5, 5.41) is 3.20. The zero-order valence-corrected chi connectivity index (χ0v) is 9.66. The molecule has 0 bridgehead atoms. The highest BCUT2D eigenvalue weighted by atomic mass is 16.5. The lowest BCUT2D eigenvalue weighted by Crippen LogP contribution is -2.19. The van der Waals surface area contributed by atoms with Gasteiger partial charge in [0, 0.05) is 6.04 Å². The number of methoxy groups -OCH3 is 1. The van der Waals surface area contributed by atoms with E-state index in [0.29, 0.717) is 6.04 Å². The van der Waals surface area contributed by atoms with E-state index >= 15 is 0 Å². The van der Waals surface area contributed by atoms with Crippen molar-refractivity contribution in [1.29, 1.82) is 0 Å². The molecule has 1 aromatic rings. The van der Waals surface area contributed by atoms with Gasteiger partial charge in [-0.15, -0.1) is 0 Å². The van der Waals surface area contributed by atoms with E-state index < -0.39 is 0 Å². The lowest BCUT2D eigenvalue weighted by molar-refractivity contribution is 0.414. The molecule has 2 heteroatoms. The predicted octanol–water partition coefficient (Wildman–Crippen LogP) is 2.71. The van der Waals surface area contributed by atoms with E-state index in [2.05, 4.69) is 30.5 Å². The first-order valence-corrected chi connectivity index (χ1v) is 5.24.